The number of aliphatic carboxylic acids is 1. The number of hydrogen-bond donors (Lipinski definition) is 9. The minimum absolute atomic E-state index is 0.00118. The lowest BCUT2D eigenvalue weighted by molar-refractivity contribution is -0.140. The van der Waals surface area contributed by atoms with Crippen LogP contribution in [0.3, 0.4) is 0 Å². The van der Waals surface area contributed by atoms with Gasteiger partial charge >= 0.3 is 5.97 Å². The van der Waals surface area contributed by atoms with Crippen molar-refractivity contribution in [3.8, 4) is 0 Å². The fraction of sp³-hybridized carbons (Fsp3) is 0.333. The number of benzene rings is 4. The summed E-state index contributed by atoms with van der Waals surface area (Å²) >= 11 is 3.57. The molecule has 0 saturated carbocycles. The van der Waals surface area contributed by atoms with Crippen molar-refractivity contribution in [2.45, 2.75) is 81.5 Å². The lowest BCUT2D eigenvalue weighted by Gasteiger charge is -2.39. The number of aliphatic imine (C=N–C) groups is 1. The minimum Gasteiger partial charge on any atom is -0.481 e. The van der Waals surface area contributed by atoms with Crippen LogP contribution in [0, 0.1) is 0 Å². The van der Waals surface area contributed by atoms with Gasteiger partial charge < -0.3 is 48.9 Å². The Morgan fingerprint density at radius 1 is 0.730 bits per heavy atom. The third-order valence-corrected chi connectivity index (χ3v) is 11.4. The first-order valence-corrected chi connectivity index (χ1v) is 21.3. The van der Waals surface area contributed by atoms with Crippen LogP contribution in [0.25, 0.3) is 10.8 Å². The van der Waals surface area contributed by atoms with Crippen molar-refractivity contribution in [2.24, 2.45) is 22.2 Å². The molecule has 0 aromatic heterocycles. The van der Waals surface area contributed by atoms with E-state index in [0.29, 0.717) is 17.5 Å². The Hall–Kier alpha value is -6.82. The number of nitrogens with zero attached hydrogens (tertiary/aromatic N) is 1. The van der Waals surface area contributed by atoms with E-state index in [0.717, 1.165) is 26.4 Å². The Balaban J connectivity index is 1.44. The minimum atomic E-state index is -1.57. The summed E-state index contributed by atoms with van der Waals surface area (Å²) in [5, 5.41) is 24.8. The first-order chi connectivity index (χ1) is 30.1. The molecule has 0 radical (unpaired) electrons. The van der Waals surface area contributed by atoms with E-state index in [2.05, 4.69) is 47.5 Å². The number of carboxylic acids is 1. The Morgan fingerprint density at radius 3 is 2.11 bits per heavy atom. The van der Waals surface area contributed by atoms with Gasteiger partial charge in [-0.3, -0.25) is 38.6 Å². The van der Waals surface area contributed by atoms with Crippen LogP contribution in [0.4, 0.5) is 0 Å². The van der Waals surface area contributed by atoms with Crippen LogP contribution in [0.2, 0.25) is 0 Å². The molecule has 0 fully saturated rings. The maximum atomic E-state index is 14.6. The molecule has 0 aliphatic heterocycles. The highest BCUT2D eigenvalue weighted by molar-refractivity contribution is 9.10. The maximum Gasteiger partial charge on any atom is 0.303 e. The van der Waals surface area contributed by atoms with Gasteiger partial charge in [-0.05, 0) is 64.8 Å². The van der Waals surface area contributed by atoms with Crippen LogP contribution in [-0.2, 0) is 59.2 Å². The monoisotopic (exact) mass is 925 g/mol. The molecule has 5 rings (SSSR count). The van der Waals surface area contributed by atoms with Crippen LogP contribution < -0.4 is 43.8 Å². The maximum absolute atomic E-state index is 14.6. The Bertz CT molecular complexity index is 2360. The number of carbonyl (C=O) groups is 7. The Labute approximate surface area is 372 Å². The fourth-order valence-corrected chi connectivity index (χ4v) is 8.09. The molecule has 18 heteroatoms. The predicted molar refractivity (Wildman–Crippen MR) is 240 cm³/mol. The molecule has 4 atom stereocenters. The molecule has 0 spiro atoms. The van der Waals surface area contributed by atoms with Gasteiger partial charge in [0.25, 0.3) is 0 Å². The number of hydrogen-bond acceptors (Lipinski definition) is 8. The molecule has 4 aromatic rings. The average Bonchev–Trinajstić information content (AvgIpc) is 3.25. The molecule has 332 valence electrons. The lowest BCUT2D eigenvalue weighted by atomic mass is 9.76. The van der Waals surface area contributed by atoms with Crippen molar-refractivity contribution in [3.63, 3.8) is 0 Å². The zero-order valence-corrected chi connectivity index (χ0v) is 36.1. The van der Waals surface area contributed by atoms with Gasteiger partial charge in [0.05, 0.1) is 13.0 Å². The second-order valence-electron chi connectivity index (χ2n) is 15.4. The second-order valence-corrected chi connectivity index (χ2v) is 16.3. The third-order valence-electron chi connectivity index (χ3n) is 10.7. The molecule has 17 nitrogen and oxygen atoms in total. The van der Waals surface area contributed by atoms with Crippen molar-refractivity contribution in [3.05, 3.63) is 118 Å². The number of nitrogens with one attached hydrogen (secondary N) is 5. The van der Waals surface area contributed by atoms with E-state index in [1.165, 1.54) is 0 Å². The average molecular weight is 927 g/mol. The van der Waals surface area contributed by atoms with E-state index in [1.807, 2.05) is 54.6 Å². The predicted octanol–water partition coefficient (Wildman–Crippen LogP) is 1.41. The van der Waals surface area contributed by atoms with E-state index in [9.17, 15) is 38.7 Å². The van der Waals surface area contributed by atoms with E-state index >= 15 is 0 Å². The summed E-state index contributed by atoms with van der Waals surface area (Å²) in [5.74, 6) is -5.64. The van der Waals surface area contributed by atoms with Crippen LogP contribution in [-0.4, -0.2) is 89.2 Å². The Kier molecular flexibility index (Phi) is 16.7. The number of guanidine groups is 1. The zero-order chi connectivity index (χ0) is 45.5. The number of nitrogens with two attached hydrogens (primary N) is 3. The number of carboxylic acid groups (broad SMARTS) is 1. The van der Waals surface area contributed by atoms with Crippen molar-refractivity contribution >= 4 is 74.1 Å². The summed E-state index contributed by atoms with van der Waals surface area (Å²) in [6, 6.07) is 23.8. The van der Waals surface area contributed by atoms with E-state index in [1.54, 1.807) is 36.4 Å². The van der Waals surface area contributed by atoms with Crippen LogP contribution in [0.1, 0.15) is 54.4 Å². The number of halogens is 1. The SMILES string of the molecule is NC(=O)CNC(=O)[C@H](Cc1ccc2ccccc2c1)NC(=O)[C@H](CCCN=C(N)N)NC(=O)[C@@H](Cc1ccccc1)NC(=O)C1(NC(=O)CCC(=O)O)CCc2c(Br)cccc2C1. The number of fused-ring (bicyclic) bond motifs is 2. The Morgan fingerprint density at radius 2 is 1.40 bits per heavy atom. The smallest absolute Gasteiger partial charge is 0.303 e. The van der Waals surface area contributed by atoms with E-state index in [4.69, 9.17) is 17.2 Å². The fourth-order valence-electron chi connectivity index (χ4n) is 7.49. The van der Waals surface area contributed by atoms with Crippen molar-refractivity contribution in [1.82, 2.24) is 26.6 Å². The quantitative estimate of drug-likeness (QED) is 0.0329. The van der Waals surface area contributed by atoms with Gasteiger partial charge in [0.15, 0.2) is 5.96 Å². The van der Waals surface area contributed by atoms with E-state index < -0.39 is 78.0 Å². The summed E-state index contributed by atoms with van der Waals surface area (Å²) in [6.07, 6.45) is -0.0385. The normalized spacial score (nSPS) is 15.6. The van der Waals surface area contributed by atoms with Gasteiger partial charge in [-0.2, -0.15) is 0 Å². The summed E-state index contributed by atoms with van der Waals surface area (Å²) in [4.78, 5) is 97.1. The molecule has 1 aliphatic rings. The number of carbonyl (C=O) groups excluding carboxylic acids is 6. The van der Waals surface area contributed by atoms with Gasteiger partial charge in [0, 0.05) is 36.7 Å². The topological polar surface area (TPSA) is 290 Å². The third kappa shape index (κ3) is 13.8. The van der Waals surface area contributed by atoms with Gasteiger partial charge in [-0.1, -0.05) is 101 Å². The molecule has 1 aliphatic carbocycles. The summed E-state index contributed by atoms with van der Waals surface area (Å²) in [5.41, 5.74) is 17.9. The number of primary amides is 1. The molecule has 4 aromatic carbocycles. The highest BCUT2D eigenvalue weighted by Crippen LogP contribution is 2.34. The molecule has 0 saturated heterocycles. The standard InChI is InChI=1S/C45H52BrN9O8/c46-33-13-6-12-31-25-45(20-19-32(31)33,55-38(57)17-18-39(58)59)43(63)54-36(23-27-8-2-1-3-9-27)42(62)52-34(14-7-21-50-44(48)49)41(61)53-35(40(60)51-26-37(47)56)24-28-15-16-29-10-4-5-11-30(29)22-28/h1-6,8-13,15-16,22,34-36H,7,14,17-21,23-26H2,(H2,47,56)(H,51,60)(H,52,62)(H,53,61)(H,54,63)(H,55,57)(H,58,59)(H4,48,49,50)/t34-,35-,36+,45?/m0/s1. The molecule has 63 heavy (non-hydrogen) atoms. The molecule has 1 unspecified atom stereocenters. The highest BCUT2D eigenvalue weighted by atomic mass is 79.9. The summed E-state index contributed by atoms with van der Waals surface area (Å²) < 4.78 is 0.835. The van der Waals surface area contributed by atoms with Crippen molar-refractivity contribution in [1.29, 1.82) is 0 Å². The summed E-state index contributed by atoms with van der Waals surface area (Å²) in [6.45, 7) is -0.375. The molecule has 0 heterocycles. The first-order valence-electron chi connectivity index (χ1n) is 20.5. The highest BCUT2D eigenvalue weighted by Gasteiger charge is 2.44. The zero-order valence-electron chi connectivity index (χ0n) is 34.5. The van der Waals surface area contributed by atoms with Crippen LogP contribution in [0.5, 0.6) is 0 Å². The largest absolute Gasteiger partial charge is 0.481 e. The summed E-state index contributed by atoms with van der Waals surface area (Å²) in [7, 11) is 0. The van der Waals surface area contributed by atoms with Gasteiger partial charge in [0.2, 0.25) is 35.4 Å². The molecular weight excluding hydrogens is 874 g/mol. The molecule has 0 bridgehead atoms. The van der Waals surface area contributed by atoms with Crippen LogP contribution >= 0.6 is 15.9 Å². The van der Waals surface area contributed by atoms with Gasteiger partial charge in [-0.15, -0.1) is 0 Å². The van der Waals surface area contributed by atoms with Crippen molar-refractivity contribution < 1.29 is 38.7 Å². The first kappa shape index (κ1) is 47.2. The molecular formula is C45H52BrN9O8. The van der Waals surface area contributed by atoms with Crippen LogP contribution in [0.15, 0.2) is 100 Å². The molecule has 6 amide bonds. The molecule has 12 N–H and O–H groups in total. The number of rotatable bonds is 21. The number of amides is 6. The van der Waals surface area contributed by atoms with Gasteiger partial charge in [-0.25, -0.2) is 0 Å². The van der Waals surface area contributed by atoms with Gasteiger partial charge in [0.1, 0.15) is 23.7 Å². The lowest BCUT2D eigenvalue weighted by Crippen LogP contribution is -2.65. The van der Waals surface area contributed by atoms with Crippen molar-refractivity contribution in [2.75, 3.05) is 13.1 Å². The van der Waals surface area contributed by atoms with E-state index in [-0.39, 0.29) is 57.5 Å². The second kappa shape index (κ2) is 22.3.